The topological polar surface area (TPSA) is 21.3 Å². The van der Waals surface area contributed by atoms with Crippen molar-refractivity contribution >= 4 is 0 Å². The van der Waals surface area contributed by atoms with Crippen LogP contribution in [0.2, 0.25) is 0 Å². The average molecular weight is 265 g/mol. The second-order valence-corrected chi connectivity index (χ2v) is 5.41. The zero-order valence-electron chi connectivity index (χ0n) is 12.1. The van der Waals surface area contributed by atoms with Crippen molar-refractivity contribution in [1.29, 1.82) is 0 Å². The molecule has 2 rings (SSSR count). The largest absolute Gasteiger partial charge is 0.373 e. The third kappa shape index (κ3) is 2.54. The molecule has 0 bridgehead atoms. The summed E-state index contributed by atoms with van der Waals surface area (Å²) in [5.74, 6) is -0.175. The third-order valence-corrected chi connectivity index (χ3v) is 4.85. The molecule has 0 radical (unpaired) electrons. The molecule has 1 N–H and O–H groups in total. The molecule has 1 aliphatic carbocycles. The van der Waals surface area contributed by atoms with Crippen LogP contribution in [-0.2, 0) is 11.3 Å². The van der Waals surface area contributed by atoms with E-state index in [1.54, 1.807) is 12.1 Å². The molecule has 2 unspecified atom stereocenters. The van der Waals surface area contributed by atoms with Crippen molar-refractivity contribution in [3.63, 3.8) is 0 Å². The molecule has 1 aromatic rings. The van der Waals surface area contributed by atoms with Crippen molar-refractivity contribution in [2.45, 2.75) is 51.9 Å². The minimum atomic E-state index is -0.175. The maximum Gasteiger partial charge on any atom is 0.128 e. The Kier molecular flexibility index (Phi) is 4.58. The Bertz CT molecular complexity index is 417. The van der Waals surface area contributed by atoms with Gasteiger partial charge in [0.1, 0.15) is 5.82 Å². The van der Waals surface area contributed by atoms with E-state index in [0.29, 0.717) is 18.2 Å². The van der Waals surface area contributed by atoms with Crippen molar-refractivity contribution in [1.82, 2.24) is 5.32 Å². The maximum absolute atomic E-state index is 13.6. The first-order chi connectivity index (χ1) is 9.17. The van der Waals surface area contributed by atoms with Gasteiger partial charge in [-0.2, -0.15) is 0 Å². The number of halogens is 1. The van der Waals surface area contributed by atoms with Gasteiger partial charge in [-0.15, -0.1) is 0 Å². The predicted octanol–water partition coefficient (Wildman–Crippen LogP) is 3.51. The molecule has 1 aliphatic rings. The van der Waals surface area contributed by atoms with Gasteiger partial charge in [0.25, 0.3) is 0 Å². The quantitative estimate of drug-likeness (QED) is 0.850. The fourth-order valence-corrected chi connectivity index (χ4v) is 3.39. The summed E-state index contributed by atoms with van der Waals surface area (Å²) in [6.07, 6.45) is 3.44. The summed E-state index contributed by atoms with van der Waals surface area (Å²) in [4.78, 5) is 0. The Balaban J connectivity index is 1.99. The van der Waals surface area contributed by atoms with Crippen molar-refractivity contribution in [2.24, 2.45) is 5.41 Å². The van der Waals surface area contributed by atoms with E-state index in [2.05, 4.69) is 19.2 Å². The van der Waals surface area contributed by atoms with Crippen LogP contribution in [0.4, 0.5) is 4.39 Å². The van der Waals surface area contributed by atoms with E-state index in [4.69, 9.17) is 4.74 Å². The second kappa shape index (κ2) is 6.02. The van der Waals surface area contributed by atoms with Crippen LogP contribution in [0.3, 0.4) is 0 Å². The average Bonchev–Trinajstić information content (AvgIpc) is 2.41. The Morgan fingerprint density at radius 1 is 1.32 bits per heavy atom. The van der Waals surface area contributed by atoms with Gasteiger partial charge < -0.3 is 10.1 Å². The van der Waals surface area contributed by atoms with Gasteiger partial charge in [-0.3, -0.25) is 0 Å². The Hall–Kier alpha value is -0.930. The number of ether oxygens (including phenoxy) is 1. The number of hydrogen-bond donors (Lipinski definition) is 1. The second-order valence-electron chi connectivity index (χ2n) is 5.41. The van der Waals surface area contributed by atoms with Gasteiger partial charge in [-0.05, 0) is 32.4 Å². The number of nitrogens with one attached hydrogen (secondary N) is 1. The lowest BCUT2D eigenvalue weighted by molar-refractivity contribution is -0.146. The smallest absolute Gasteiger partial charge is 0.128 e. The highest BCUT2D eigenvalue weighted by Crippen LogP contribution is 2.49. The molecule has 0 aliphatic heterocycles. The highest BCUT2D eigenvalue weighted by atomic mass is 19.1. The Morgan fingerprint density at radius 3 is 2.58 bits per heavy atom. The highest BCUT2D eigenvalue weighted by Gasteiger charge is 2.52. The molecule has 1 fully saturated rings. The Morgan fingerprint density at radius 2 is 2.00 bits per heavy atom. The summed E-state index contributed by atoms with van der Waals surface area (Å²) in [5.41, 5.74) is 0.858. The minimum absolute atomic E-state index is 0.175. The standard InChI is InChI=1S/C16H24FNO/c1-4-16(5-2)14(18-3)10-15(16)19-11-12-8-6-7-9-13(12)17/h6-9,14-15,18H,4-5,10-11H2,1-3H3. The van der Waals surface area contributed by atoms with Gasteiger partial charge in [0.2, 0.25) is 0 Å². The first-order valence-corrected chi connectivity index (χ1v) is 7.20. The Labute approximate surface area is 115 Å². The van der Waals surface area contributed by atoms with Gasteiger partial charge in [-0.1, -0.05) is 32.0 Å². The zero-order valence-corrected chi connectivity index (χ0v) is 12.1. The molecule has 0 amide bonds. The van der Waals surface area contributed by atoms with Gasteiger partial charge >= 0.3 is 0 Å². The molecule has 0 aromatic heterocycles. The van der Waals surface area contributed by atoms with Gasteiger partial charge in [0.05, 0.1) is 12.7 Å². The van der Waals surface area contributed by atoms with Crippen molar-refractivity contribution in [3.05, 3.63) is 35.6 Å². The summed E-state index contributed by atoms with van der Waals surface area (Å²) in [6.45, 7) is 4.80. The summed E-state index contributed by atoms with van der Waals surface area (Å²) in [5, 5.41) is 3.38. The third-order valence-electron chi connectivity index (χ3n) is 4.85. The lowest BCUT2D eigenvalue weighted by Crippen LogP contribution is -2.62. The number of rotatable bonds is 6. The van der Waals surface area contributed by atoms with Crippen LogP contribution in [0, 0.1) is 11.2 Å². The molecule has 2 atom stereocenters. The van der Waals surface area contributed by atoms with Crippen molar-refractivity contribution in [3.8, 4) is 0 Å². The maximum atomic E-state index is 13.6. The predicted molar refractivity (Wildman–Crippen MR) is 75.5 cm³/mol. The fraction of sp³-hybridized carbons (Fsp3) is 0.625. The van der Waals surface area contributed by atoms with E-state index >= 15 is 0 Å². The summed E-state index contributed by atoms with van der Waals surface area (Å²) < 4.78 is 19.6. The molecular weight excluding hydrogens is 241 g/mol. The monoisotopic (exact) mass is 265 g/mol. The molecule has 0 heterocycles. The summed E-state index contributed by atoms with van der Waals surface area (Å²) in [7, 11) is 2.01. The molecule has 2 nitrogen and oxygen atoms in total. The first kappa shape index (κ1) is 14.5. The van der Waals surface area contributed by atoms with Crippen LogP contribution >= 0.6 is 0 Å². The molecule has 3 heteroatoms. The normalized spacial score (nSPS) is 25.1. The summed E-state index contributed by atoms with van der Waals surface area (Å²) in [6, 6.07) is 7.37. The number of hydrogen-bond acceptors (Lipinski definition) is 2. The van der Waals surface area contributed by atoms with Crippen LogP contribution in [0.25, 0.3) is 0 Å². The van der Waals surface area contributed by atoms with E-state index in [-0.39, 0.29) is 17.3 Å². The van der Waals surface area contributed by atoms with Crippen molar-refractivity contribution in [2.75, 3.05) is 7.05 Å². The van der Waals surface area contributed by atoms with Gasteiger partial charge in [0, 0.05) is 17.0 Å². The van der Waals surface area contributed by atoms with Gasteiger partial charge in [0.15, 0.2) is 0 Å². The number of benzene rings is 1. The fourth-order valence-electron chi connectivity index (χ4n) is 3.39. The molecule has 106 valence electrons. The van der Waals surface area contributed by atoms with E-state index < -0.39 is 0 Å². The minimum Gasteiger partial charge on any atom is -0.373 e. The molecule has 0 spiro atoms. The SMILES string of the molecule is CCC1(CC)C(NC)CC1OCc1ccccc1F. The van der Waals surface area contributed by atoms with E-state index in [1.165, 1.54) is 6.07 Å². The zero-order chi connectivity index (χ0) is 13.9. The van der Waals surface area contributed by atoms with E-state index in [0.717, 1.165) is 19.3 Å². The van der Waals surface area contributed by atoms with Crippen LogP contribution in [0.1, 0.15) is 38.7 Å². The summed E-state index contributed by atoms with van der Waals surface area (Å²) >= 11 is 0. The molecule has 1 aromatic carbocycles. The first-order valence-electron chi connectivity index (χ1n) is 7.20. The van der Waals surface area contributed by atoms with E-state index in [1.807, 2.05) is 13.1 Å². The van der Waals surface area contributed by atoms with Gasteiger partial charge in [-0.25, -0.2) is 4.39 Å². The molecule has 19 heavy (non-hydrogen) atoms. The van der Waals surface area contributed by atoms with Crippen LogP contribution in [-0.4, -0.2) is 19.2 Å². The van der Waals surface area contributed by atoms with Crippen LogP contribution in [0.15, 0.2) is 24.3 Å². The van der Waals surface area contributed by atoms with Crippen LogP contribution < -0.4 is 5.32 Å². The lowest BCUT2D eigenvalue weighted by atomic mass is 9.58. The highest BCUT2D eigenvalue weighted by molar-refractivity contribution is 5.16. The van der Waals surface area contributed by atoms with Crippen molar-refractivity contribution < 1.29 is 9.13 Å². The van der Waals surface area contributed by atoms with Crippen LogP contribution in [0.5, 0.6) is 0 Å². The molecular formula is C16H24FNO. The molecule has 0 saturated heterocycles. The lowest BCUT2D eigenvalue weighted by Gasteiger charge is -2.55. The molecule has 1 saturated carbocycles. The van der Waals surface area contributed by atoms with E-state index in [9.17, 15) is 4.39 Å².